The Morgan fingerprint density at radius 1 is 1.17 bits per heavy atom. The van der Waals surface area contributed by atoms with Crippen molar-refractivity contribution in [2.45, 2.75) is 27.3 Å². The summed E-state index contributed by atoms with van der Waals surface area (Å²) in [7, 11) is 3.38. The molecule has 0 spiro atoms. The minimum atomic E-state index is -0.386. The highest BCUT2D eigenvalue weighted by molar-refractivity contribution is 5.72. The summed E-state index contributed by atoms with van der Waals surface area (Å²) >= 11 is 0. The maximum Gasteiger partial charge on any atom is 0.332 e. The van der Waals surface area contributed by atoms with Gasteiger partial charge in [0.2, 0.25) is 5.95 Å². The van der Waals surface area contributed by atoms with Crippen LogP contribution in [0.25, 0.3) is 17.1 Å². The molecule has 126 valence electrons. The smallest absolute Gasteiger partial charge is 0.306 e. The van der Waals surface area contributed by atoms with Crippen LogP contribution in [0.15, 0.2) is 27.8 Å². The van der Waals surface area contributed by atoms with Gasteiger partial charge in [0.05, 0.1) is 5.69 Å². The lowest BCUT2D eigenvalue weighted by atomic mass is 10.4. The van der Waals surface area contributed by atoms with Crippen molar-refractivity contribution in [2.75, 3.05) is 0 Å². The summed E-state index contributed by atoms with van der Waals surface area (Å²) in [5.74, 6) is 0.506. The van der Waals surface area contributed by atoms with Crippen molar-refractivity contribution in [1.82, 2.24) is 28.5 Å². The van der Waals surface area contributed by atoms with Crippen molar-refractivity contribution in [1.29, 1.82) is 0 Å². The van der Waals surface area contributed by atoms with Crippen LogP contribution in [0.4, 0.5) is 0 Å². The highest BCUT2D eigenvalue weighted by Crippen LogP contribution is 2.15. The van der Waals surface area contributed by atoms with Gasteiger partial charge in [-0.25, -0.2) is 9.48 Å². The fourth-order valence-electron chi connectivity index (χ4n) is 2.82. The fraction of sp³-hybridized carbons (Fsp3) is 0.375. The number of rotatable bonds is 3. The number of hydrogen-bond donors (Lipinski definition) is 0. The van der Waals surface area contributed by atoms with Crippen LogP contribution in [0, 0.1) is 13.8 Å². The number of fused-ring (bicyclic) bond motifs is 1. The second kappa shape index (κ2) is 5.63. The van der Waals surface area contributed by atoms with E-state index in [0.717, 1.165) is 11.4 Å². The average Bonchev–Trinajstić information content (AvgIpc) is 3.04. The second-order valence-corrected chi connectivity index (χ2v) is 5.81. The normalized spacial score (nSPS) is 11.9. The first-order chi connectivity index (χ1) is 11.4. The summed E-state index contributed by atoms with van der Waals surface area (Å²) in [4.78, 5) is 29.7. The van der Waals surface area contributed by atoms with Crippen molar-refractivity contribution in [3.63, 3.8) is 0 Å². The van der Waals surface area contributed by atoms with Gasteiger partial charge in [0.25, 0.3) is 5.56 Å². The van der Waals surface area contributed by atoms with E-state index in [0.29, 0.717) is 17.1 Å². The van der Waals surface area contributed by atoms with Crippen LogP contribution in [0.2, 0.25) is 0 Å². The molecule has 3 aromatic rings. The molecule has 0 fully saturated rings. The van der Waals surface area contributed by atoms with Crippen LogP contribution < -0.4 is 11.2 Å². The Hall–Kier alpha value is -2.90. The molecule has 0 amide bonds. The number of imidazole rings is 1. The maximum absolute atomic E-state index is 12.8. The van der Waals surface area contributed by atoms with Gasteiger partial charge in [-0.1, -0.05) is 12.2 Å². The van der Waals surface area contributed by atoms with Gasteiger partial charge in [-0.3, -0.25) is 13.9 Å². The van der Waals surface area contributed by atoms with E-state index in [1.54, 1.807) is 35.5 Å². The predicted octanol–water partition coefficient (Wildman–Crippen LogP) is 0.812. The van der Waals surface area contributed by atoms with E-state index in [9.17, 15) is 9.59 Å². The third-order valence-corrected chi connectivity index (χ3v) is 4.06. The van der Waals surface area contributed by atoms with Crippen molar-refractivity contribution >= 4 is 11.2 Å². The largest absolute Gasteiger partial charge is 0.332 e. The molecule has 0 unspecified atom stereocenters. The van der Waals surface area contributed by atoms with Crippen LogP contribution in [-0.2, 0) is 20.6 Å². The molecule has 0 bridgehead atoms. The van der Waals surface area contributed by atoms with E-state index in [1.807, 2.05) is 26.8 Å². The van der Waals surface area contributed by atoms with Gasteiger partial charge in [-0.15, -0.1) is 0 Å². The van der Waals surface area contributed by atoms with Crippen LogP contribution >= 0.6 is 0 Å². The molecule has 8 nitrogen and oxygen atoms in total. The number of nitrogens with zero attached hydrogens (tertiary/aromatic N) is 6. The van der Waals surface area contributed by atoms with E-state index in [2.05, 4.69) is 10.1 Å². The van der Waals surface area contributed by atoms with Crippen LogP contribution in [0.5, 0.6) is 0 Å². The lowest BCUT2D eigenvalue weighted by molar-refractivity contribution is 0.664. The lowest BCUT2D eigenvalue weighted by Gasteiger charge is -2.06. The standard InChI is InChI=1S/C16H20N6O2/c1-6-7-8-21-14(23)12-13(20(5)16(21)24)17-15(19(12)4)22-11(3)9-10(2)18-22/h6-7,9H,8H2,1-5H3. The van der Waals surface area contributed by atoms with E-state index in [-0.39, 0.29) is 17.8 Å². The summed E-state index contributed by atoms with van der Waals surface area (Å²) < 4.78 is 5.96. The van der Waals surface area contributed by atoms with Crippen molar-refractivity contribution in [3.8, 4) is 5.95 Å². The fourth-order valence-corrected chi connectivity index (χ4v) is 2.82. The van der Waals surface area contributed by atoms with Gasteiger partial charge in [-0.2, -0.15) is 10.1 Å². The first kappa shape index (κ1) is 16.0. The predicted molar refractivity (Wildman–Crippen MR) is 91.6 cm³/mol. The molecule has 3 heterocycles. The molecule has 0 saturated heterocycles. The van der Waals surface area contributed by atoms with Crippen LogP contribution in [-0.4, -0.2) is 28.5 Å². The molecule has 3 rings (SSSR count). The SMILES string of the molecule is CC=CCn1c(=O)c2c(nc(-n3nc(C)cc3C)n2C)n(C)c1=O. The summed E-state index contributed by atoms with van der Waals surface area (Å²) in [5, 5.41) is 4.42. The average molecular weight is 328 g/mol. The molecule has 0 atom stereocenters. The van der Waals surface area contributed by atoms with Crippen LogP contribution in [0.1, 0.15) is 18.3 Å². The molecule has 3 aromatic heterocycles. The topological polar surface area (TPSA) is 79.6 Å². The second-order valence-electron chi connectivity index (χ2n) is 5.81. The Balaban J connectivity index is 2.39. The minimum Gasteiger partial charge on any atom is -0.306 e. The minimum absolute atomic E-state index is 0.234. The van der Waals surface area contributed by atoms with Gasteiger partial charge < -0.3 is 4.57 Å². The quantitative estimate of drug-likeness (QED) is 0.667. The molecule has 0 radical (unpaired) electrons. The zero-order valence-corrected chi connectivity index (χ0v) is 14.4. The summed E-state index contributed by atoms with van der Waals surface area (Å²) in [6.45, 7) is 5.89. The Labute approximate surface area is 138 Å². The molecule has 0 N–H and O–H groups in total. The first-order valence-corrected chi connectivity index (χ1v) is 7.67. The van der Waals surface area contributed by atoms with E-state index >= 15 is 0 Å². The summed E-state index contributed by atoms with van der Waals surface area (Å²) in [6.07, 6.45) is 3.58. The van der Waals surface area contributed by atoms with Gasteiger partial charge in [0.15, 0.2) is 11.2 Å². The van der Waals surface area contributed by atoms with E-state index in [1.165, 1.54) is 9.13 Å². The molecular formula is C16H20N6O2. The molecule has 8 heteroatoms. The van der Waals surface area contributed by atoms with Crippen LogP contribution in [0.3, 0.4) is 0 Å². The molecular weight excluding hydrogens is 308 g/mol. The monoisotopic (exact) mass is 328 g/mol. The zero-order valence-electron chi connectivity index (χ0n) is 14.4. The summed E-state index contributed by atoms with van der Waals surface area (Å²) in [5.41, 5.74) is 1.76. The Morgan fingerprint density at radius 3 is 2.46 bits per heavy atom. The number of aromatic nitrogens is 6. The molecule has 0 aliphatic heterocycles. The molecule has 24 heavy (non-hydrogen) atoms. The third-order valence-electron chi connectivity index (χ3n) is 4.06. The van der Waals surface area contributed by atoms with Gasteiger partial charge in [0, 0.05) is 26.3 Å². The molecule has 0 aliphatic carbocycles. The Kier molecular flexibility index (Phi) is 3.75. The Bertz CT molecular complexity index is 1080. The van der Waals surface area contributed by atoms with Crippen molar-refractivity contribution in [3.05, 3.63) is 50.4 Å². The Morgan fingerprint density at radius 2 is 1.88 bits per heavy atom. The highest BCUT2D eigenvalue weighted by Gasteiger charge is 2.20. The van der Waals surface area contributed by atoms with Gasteiger partial charge in [0.1, 0.15) is 0 Å². The van der Waals surface area contributed by atoms with Gasteiger partial charge >= 0.3 is 5.69 Å². The third kappa shape index (κ3) is 2.22. The van der Waals surface area contributed by atoms with Crippen molar-refractivity contribution in [2.24, 2.45) is 14.1 Å². The van der Waals surface area contributed by atoms with E-state index in [4.69, 9.17) is 0 Å². The maximum atomic E-state index is 12.8. The molecule has 0 aromatic carbocycles. The first-order valence-electron chi connectivity index (χ1n) is 7.67. The molecule has 0 aliphatic rings. The lowest BCUT2D eigenvalue weighted by Crippen LogP contribution is -2.39. The van der Waals surface area contributed by atoms with Gasteiger partial charge in [-0.05, 0) is 26.8 Å². The summed E-state index contributed by atoms with van der Waals surface area (Å²) in [6, 6.07) is 1.93. The van der Waals surface area contributed by atoms with E-state index < -0.39 is 0 Å². The molecule has 0 saturated carbocycles. The number of hydrogen-bond acceptors (Lipinski definition) is 4. The highest BCUT2D eigenvalue weighted by atomic mass is 16.2. The number of aryl methyl sites for hydroxylation is 4. The number of allylic oxidation sites excluding steroid dienone is 2. The zero-order chi connectivity index (χ0) is 17.6. The van der Waals surface area contributed by atoms with Crippen molar-refractivity contribution < 1.29 is 0 Å².